The molecular formula is C14H20N4O3. The van der Waals surface area contributed by atoms with Crippen molar-refractivity contribution in [3.05, 3.63) is 23.8 Å². The van der Waals surface area contributed by atoms with Gasteiger partial charge in [0.2, 0.25) is 0 Å². The molecule has 0 spiro atoms. The first-order valence-electron chi connectivity index (χ1n) is 6.87. The molecule has 7 heteroatoms. The topological polar surface area (TPSA) is 98.0 Å². The molecule has 114 valence electrons. The highest BCUT2D eigenvalue weighted by molar-refractivity contribution is 5.82. The van der Waals surface area contributed by atoms with E-state index in [1.54, 1.807) is 7.11 Å². The highest BCUT2D eigenvalue weighted by Gasteiger charge is 2.18. The van der Waals surface area contributed by atoms with Crippen molar-refractivity contribution >= 4 is 12.2 Å². The lowest BCUT2D eigenvalue weighted by Gasteiger charge is -2.16. The van der Waals surface area contributed by atoms with Crippen molar-refractivity contribution < 1.29 is 14.3 Å². The molecular weight excluding hydrogens is 272 g/mol. The number of urea groups is 1. The van der Waals surface area contributed by atoms with Crippen LogP contribution in [0, 0.1) is 0 Å². The lowest BCUT2D eigenvalue weighted by atomic mass is 10.2. The molecule has 0 atom stereocenters. The fourth-order valence-electron chi connectivity index (χ4n) is 2.25. The number of carbonyl (C=O) groups excluding carboxylic acids is 1. The molecule has 0 aliphatic heterocycles. The van der Waals surface area contributed by atoms with Gasteiger partial charge < -0.3 is 9.47 Å². The first-order chi connectivity index (χ1) is 10.2. The molecule has 0 heterocycles. The number of benzene rings is 1. The van der Waals surface area contributed by atoms with Crippen molar-refractivity contribution in [3.63, 3.8) is 0 Å². The summed E-state index contributed by atoms with van der Waals surface area (Å²) in [6.45, 7) is 0. The number of amides is 2. The van der Waals surface area contributed by atoms with Crippen LogP contribution in [0.15, 0.2) is 23.3 Å². The van der Waals surface area contributed by atoms with Gasteiger partial charge in [-0.3, -0.25) is 5.43 Å². The zero-order chi connectivity index (χ0) is 15.1. The van der Waals surface area contributed by atoms with Crippen molar-refractivity contribution in [2.75, 3.05) is 7.11 Å². The Labute approximate surface area is 123 Å². The van der Waals surface area contributed by atoms with Crippen LogP contribution in [0.4, 0.5) is 4.79 Å². The highest BCUT2D eigenvalue weighted by Crippen LogP contribution is 2.32. The third-order valence-electron chi connectivity index (χ3n) is 3.29. The maximum atomic E-state index is 10.9. The van der Waals surface area contributed by atoms with Crippen molar-refractivity contribution in [3.8, 4) is 11.5 Å². The molecule has 1 aromatic rings. The molecule has 0 aromatic heterocycles. The molecule has 7 nitrogen and oxygen atoms in total. The fourth-order valence-corrected chi connectivity index (χ4v) is 2.25. The Kier molecular flexibility index (Phi) is 5.39. The normalized spacial score (nSPS) is 15.1. The number of hydrazone groups is 1. The first kappa shape index (κ1) is 15.1. The number of nitrogens with two attached hydrogens (primary N) is 1. The van der Waals surface area contributed by atoms with E-state index in [1.807, 2.05) is 23.6 Å². The molecule has 2 rings (SSSR count). The molecule has 21 heavy (non-hydrogen) atoms. The molecule has 0 unspecified atom stereocenters. The standard InChI is InChI=1S/C14H20N4O3/c1-20-12-7-6-10(9-16-18-14(19)17-15)8-13(12)21-11-4-2-3-5-11/h6-9,11H,2-5,15H2,1H3,(H2,17,18,19)/b16-9+. The van der Waals surface area contributed by atoms with E-state index in [0.29, 0.717) is 11.5 Å². The first-order valence-corrected chi connectivity index (χ1v) is 6.87. The zero-order valence-electron chi connectivity index (χ0n) is 12.0. The third-order valence-corrected chi connectivity index (χ3v) is 3.29. The molecule has 4 N–H and O–H groups in total. The lowest BCUT2D eigenvalue weighted by molar-refractivity contribution is 0.201. The molecule has 1 aliphatic carbocycles. The quantitative estimate of drug-likeness (QED) is 0.332. The number of rotatable bonds is 5. The predicted molar refractivity (Wildman–Crippen MR) is 79.3 cm³/mol. The molecule has 1 fully saturated rings. The summed E-state index contributed by atoms with van der Waals surface area (Å²) in [6.07, 6.45) is 6.29. The Morgan fingerprint density at radius 1 is 1.38 bits per heavy atom. The predicted octanol–water partition coefficient (Wildman–Crippen LogP) is 1.52. The minimum absolute atomic E-state index is 0.243. The van der Waals surface area contributed by atoms with Gasteiger partial charge in [0, 0.05) is 0 Å². The van der Waals surface area contributed by atoms with E-state index in [0.717, 1.165) is 18.4 Å². The number of hydrogen-bond acceptors (Lipinski definition) is 5. The molecule has 0 saturated heterocycles. The second-order valence-corrected chi connectivity index (χ2v) is 4.78. The summed E-state index contributed by atoms with van der Waals surface area (Å²) in [5.41, 5.74) is 4.94. The van der Waals surface area contributed by atoms with Crippen molar-refractivity contribution in [2.45, 2.75) is 31.8 Å². The zero-order valence-corrected chi connectivity index (χ0v) is 12.0. The van der Waals surface area contributed by atoms with Gasteiger partial charge in [-0.15, -0.1) is 0 Å². The summed E-state index contributed by atoms with van der Waals surface area (Å²) in [4.78, 5) is 10.9. The second kappa shape index (κ2) is 7.49. The summed E-state index contributed by atoms with van der Waals surface area (Å²) < 4.78 is 11.3. The van der Waals surface area contributed by atoms with Gasteiger partial charge in [-0.25, -0.2) is 16.1 Å². The largest absolute Gasteiger partial charge is 0.493 e. The van der Waals surface area contributed by atoms with E-state index in [1.165, 1.54) is 19.1 Å². The number of nitrogens with one attached hydrogen (secondary N) is 2. The fraction of sp³-hybridized carbons (Fsp3) is 0.429. The van der Waals surface area contributed by atoms with E-state index >= 15 is 0 Å². The summed E-state index contributed by atoms with van der Waals surface area (Å²) in [6, 6.07) is 4.89. The third kappa shape index (κ3) is 4.35. The molecule has 0 radical (unpaired) electrons. The van der Waals surface area contributed by atoms with Crippen LogP contribution in [0.3, 0.4) is 0 Å². The number of methoxy groups -OCH3 is 1. The molecule has 0 bridgehead atoms. The maximum absolute atomic E-state index is 10.9. The molecule has 1 aromatic carbocycles. The Bertz CT molecular complexity index is 513. The Morgan fingerprint density at radius 3 is 2.81 bits per heavy atom. The smallest absolute Gasteiger partial charge is 0.349 e. The Hall–Kier alpha value is -2.28. The van der Waals surface area contributed by atoms with E-state index in [-0.39, 0.29) is 6.10 Å². The van der Waals surface area contributed by atoms with Gasteiger partial charge in [-0.1, -0.05) is 0 Å². The van der Waals surface area contributed by atoms with Crippen LogP contribution in [0.2, 0.25) is 0 Å². The van der Waals surface area contributed by atoms with Crippen LogP contribution in [-0.2, 0) is 0 Å². The molecule has 1 aliphatic rings. The minimum atomic E-state index is -0.581. The van der Waals surface area contributed by atoms with E-state index in [4.69, 9.17) is 15.3 Å². The van der Waals surface area contributed by atoms with Crippen molar-refractivity contribution in [2.24, 2.45) is 10.9 Å². The van der Waals surface area contributed by atoms with Crippen molar-refractivity contribution in [1.29, 1.82) is 0 Å². The van der Waals surface area contributed by atoms with Gasteiger partial charge in [0.05, 0.1) is 19.4 Å². The van der Waals surface area contributed by atoms with Gasteiger partial charge in [0.15, 0.2) is 11.5 Å². The van der Waals surface area contributed by atoms with Crippen LogP contribution in [0.25, 0.3) is 0 Å². The van der Waals surface area contributed by atoms with Crippen molar-refractivity contribution in [1.82, 2.24) is 10.9 Å². The summed E-state index contributed by atoms with van der Waals surface area (Å²) in [7, 11) is 1.61. The molecule has 2 amide bonds. The SMILES string of the molecule is COc1ccc(/C=N/NC(=O)NN)cc1OC1CCCC1. The summed E-state index contributed by atoms with van der Waals surface area (Å²) in [5.74, 6) is 6.31. The number of hydrogen-bond donors (Lipinski definition) is 3. The van der Waals surface area contributed by atoms with E-state index in [9.17, 15) is 4.79 Å². The summed E-state index contributed by atoms with van der Waals surface area (Å²) >= 11 is 0. The lowest BCUT2D eigenvalue weighted by Crippen LogP contribution is -2.37. The second-order valence-electron chi connectivity index (χ2n) is 4.78. The number of hydrazine groups is 1. The average molecular weight is 292 g/mol. The van der Waals surface area contributed by atoms with Crippen LogP contribution in [0.5, 0.6) is 11.5 Å². The number of carbonyl (C=O) groups is 1. The minimum Gasteiger partial charge on any atom is -0.493 e. The van der Waals surface area contributed by atoms with Crippen LogP contribution in [-0.4, -0.2) is 25.5 Å². The van der Waals surface area contributed by atoms with E-state index < -0.39 is 6.03 Å². The van der Waals surface area contributed by atoms with Crippen LogP contribution in [0.1, 0.15) is 31.2 Å². The Morgan fingerprint density at radius 2 is 2.14 bits per heavy atom. The van der Waals surface area contributed by atoms with Crippen LogP contribution >= 0.6 is 0 Å². The van der Waals surface area contributed by atoms with Crippen LogP contribution < -0.4 is 26.2 Å². The van der Waals surface area contributed by atoms with Gasteiger partial charge in [0.1, 0.15) is 0 Å². The number of nitrogens with zero attached hydrogens (tertiary/aromatic N) is 1. The average Bonchev–Trinajstić information content (AvgIpc) is 3.00. The molecule has 1 saturated carbocycles. The van der Waals surface area contributed by atoms with Gasteiger partial charge in [0.25, 0.3) is 0 Å². The van der Waals surface area contributed by atoms with Gasteiger partial charge >= 0.3 is 6.03 Å². The van der Waals surface area contributed by atoms with Gasteiger partial charge in [-0.05, 0) is 49.4 Å². The maximum Gasteiger partial charge on any atom is 0.349 e. The monoisotopic (exact) mass is 292 g/mol. The van der Waals surface area contributed by atoms with Gasteiger partial charge in [-0.2, -0.15) is 5.10 Å². The highest BCUT2D eigenvalue weighted by atomic mass is 16.5. The van der Waals surface area contributed by atoms with E-state index in [2.05, 4.69) is 10.5 Å². The summed E-state index contributed by atoms with van der Waals surface area (Å²) in [5, 5.41) is 3.78. The Balaban J connectivity index is 2.07. The number of ether oxygens (including phenoxy) is 2.